The number of rotatable bonds is 10. The number of pyridine rings is 1. The molecule has 0 saturated carbocycles. The van der Waals surface area contributed by atoms with Crippen LogP contribution in [0.3, 0.4) is 0 Å². The van der Waals surface area contributed by atoms with Crippen LogP contribution in [0, 0.1) is 5.92 Å². The molecule has 2 aromatic heterocycles. The average molecular weight is 524 g/mol. The lowest BCUT2D eigenvalue weighted by atomic mass is 9.99. The molecule has 0 spiro atoms. The largest absolute Gasteiger partial charge is 0.480 e. The number of carbonyl (C=O) groups is 3. The number of carboxylic acid groups (broad SMARTS) is 1. The second-order valence-electron chi connectivity index (χ2n) is 9.01. The van der Waals surface area contributed by atoms with E-state index >= 15 is 0 Å². The van der Waals surface area contributed by atoms with Crippen LogP contribution in [0.1, 0.15) is 36.2 Å². The molecule has 0 aliphatic carbocycles. The number of amides is 2. The summed E-state index contributed by atoms with van der Waals surface area (Å²) >= 11 is 0. The van der Waals surface area contributed by atoms with Gasteiger partial charge in [-0.2, -0.15) is 5.10 Å². The molecule has 2 heterocycles. The summed E-state index contributed by atoms with van der Waals surface area (Å²) in [6.45, 7) is 3.59. The van der Waals surface area contributed by atoms with Gasteiger partial charge in [0.05, 0.1) is 5.69 Å². The van der Waals surface area contributed by atoms with Crippen LogP contribution in [0.15, 0.2) is 97.1 Å². The zero-order valence-electron chi connectivity index (χ0n) is 21.6. The highest BCUT2D eigenvalue weighted by Gasteiger charge is 2.27. The molecule has 0 bridgehead atoms. The van der Waals surface area contributed by atoms with E-state index in [1.165, 1.54) is 6.08 Å². The quantitative estimate of drug-likeness (QED) is 0.266. The first-order valence-corrected chi connectivity index (χ1v) is 12.5. The number of benzene rings is 2. The molecule has 0 saturated heterocycles. The van der Waals surface area contributed by atoms with Crippen LogP contribution in [-0.2, 0) is 9.59 Å². The van der Waals surface area contributed by atoms with Crippen molar-refractivity contribution in [3.63, 3.8) is 0 Å². The summed E-state index contributed by atoms with van der Waals surface area (Å²) in [5, 5.41) is 19.7. The van der Waals surface area contributed by atoms with E-state index in [0.29, 0.717) is 28.8 Å². The first-order chi connectivity index (χ1) is 18.9. The minimum Gasteiger partial charge on any atom is -0.480 e. The van der Waals surface area contributed by atoms with Crippen molar-refractivity contribution in [1.29, 1.82) is 0 Å². The molecule has 0 aliphatic rings. The predicted molar refractivity (Wildman–Crippen MR) is 148 cm³/mol. The van der Waals surface area contributed by atoms with Crippen LogP contribution in [0.25, 0.3) is 23.0 Å². The van der Waals surface area contributed by atoms with E-state index in [2.05, 4.69) is 15.6 Å². The number of hydrogen-bond acceptors (Lipinski definition) is 5. The number of para-hydroxylation sites is 1. The zero-order chi connectivity index (χ0) is 27.8. The molecule has 39 heavy (non-hydrogen) atoms. The molecule has 0 aliphatic heterocycles. The van der Waals surface area contributed by atoms with Gasteiger partial charge in [0.1, 0.15) is 17.4 Å². The van der Waals surface area contributed by atoms with Gasteiger partial charge in [0.15, 0.2) is 0 Å². The van der Waals surface area contributed by atoms with Crippen LogP contribution in [0.4, 0.5) is 0 Å². The summed E-state index contributed by atoms with van der Waals surface area (Å²) in [5.74, 6) is -2.72. The monoisotopic (exact) mass is 523 g/mol. The van der Waals surface area contributed by atoms with Crippen molar-refractivity contribution >= 4 is 23.9 Å². The topological polar surface area (TPSA) is 126 Å². The van der Waals surface area contributed by atoms with Gasteiger partial charge in [-0.15, -0.1) is 0 Å². The summed E-state index contributed by atoms with van der Waals surface area (Å²) in [4.78, 5) is 42.6. The second-order valence-corrected chi connectivity index (χ2v) is 9.01. The van der Waals surface area contributed by atoms with E-state index in [1.54, 1.807) is 66.6 Å². The molecule has 2 amide bonds. The maximum Gasteiger partial charge on any atom is 0.326 e. The fourth-order valence-electron chi connectivity index (χ4n) is 3.93. The lowest BCUT2D eigenvalue weighted by Crippen LogP contribution is -2.47. The number of nitrogens with one attached hydrogen (secondary N) is 2. The summed E-state index contributed by atoms with van der Waals surface area (Å²) in [5.41, 5.74) is 2.79. The molecule has 9 heteroatoms. The van der Waals surface area contributed by atoms with E-state index in [9.17, 15) is 19.5 Å². The van der Waals surface area contributed by atoms with Crippen molar-refractivity contribution in [3.05, 3.63) is 108 Å². The minimum atomic E-state index is -1.15. The zero-order valence-corrected chi connectivity index (χ0v) is 21.6. The highest BCUT2D eigenvalue weighted by atomic mass is 16.4. The molecular formula is C30H29N5O4. The highest BCUT2D eigenvalue weighted by Crippen LogP contribution is 2.25. The first kappa shape index (κ1) is 27.0. The standard InChI is InChI=1S/C30H29N5O4/c1-3-20(2)26(30(38)39)33-29(37)25(32-28(36)21-11-6-4-7-12-21)17-23-19-35(24-14-8-5-9-15-24)34-27(23)22-13-10-16-31-18-22/h4-20,26H,3H2,1-2H3,(H,32,36)(H,33,37)(H,38,39)/b25-17+. The Bertz CT molecular complexity index is 1470. The van der Waals surface area contributed by atoms with Gasteiger partial charge in [0.25, 0.3) is 11.8 Å². The normalized spacial score (nSPS) is 12.8. The second kappa shape index (κ2) is 12.5. The molecule has 3 N–H and O–H groups in total. The van der Waals surface area contributed by atoms with Crippen LogP contribution < -0.4 is 10.6 Å². The van der Waals surface area contributed by atoms with Crippen molar-refractivity contribution in [2.45, 2.75) is 26.3 Å². The van der Waals surface area contributed by atoms with Crippen molar-refractivity contribution in [1.82, 2.24) is 25.4 Å². The lowest BCUT2D eigenvalue weighted by Gasteiger charge is -2.21. The van der Waals surface area contributed by atoms with E-state index in [-0.39, 0.29) is 11.6 Å². The summed E-state index contributed by atoms with van der Waals surface area (Å²) < 4.78 is 1.67. The number of hydrogen-bond donors (Lipinski definition) is 3. The fraction of sp³-hybridized carbons (Fsp3) is 0.167. The van der Waals surface area contributed by atoms with Gasteiger partial charge in [0, 0.05) is 35.3 Å². The molecule has 9 nitrogen and oxygen atoms in total. The first-order valence-electron chi connectivity index (χ1n) is 12.5. The highest BCUT2D eigenvalue weighted by molar-refractivity contribution is 6.06. The number of nitrogens with zero attached hydrogens (tertiary/aromatic N) is 3. The van der Waals surface area contributed by atoms with Crippen LogP contribution in [-0.4, -0.2) is 43.7 Å². The Morgan fingerprint density at radius 3 is 2.31 bits per heavy atom. The minimum absolute atomic E-state index is 0.115. The van der Waals surface area contributed by atoms with Gasteiger partial charge >= 0.3 is 5.97 Å². The molecule has 4 aromatic rings. The molecule has 2 unspecified atom stereocenters. The maximum atomic E-state index is 13.5. The average Bonchev–Trinajstić information content (AvgIpc) is 3.40. The van der Waals surface area contributed by atoms with Gasteiger partial charge in [-0.25, -0.2) is 9.48 Å². The molecule has 2 aromatic carbocycles. The Hall–Kier alpha value is -5.05. The predicted octanol–water partition coefficient (Wildman–Crippen LogP) is 4.32. The van der Waals surface area contributed by atoms with Gasteiger partial charge in [0.2, 0.25) is 0 Å². The van der Waals surface area contributed by atoms with E-state index in [0.717, 1.165) is 5.69 Å². The Morgan fingerprint density at radius 1 is 1.00 bits per heavy atom. The van der Waals surface area contributed by atoms with Gasteiger partial charge < -0.3 is 15.7 Å². The number of aliphatic carboxylic acids is 1. The Labute approximate surface area is 226 Å². The van der Waals surface area contributed by atoms with Crippen molar-refractivity contribution in [2.75, 3.05) is 0 Å². The molecule has 2 atom stereocenters. The third kappa shape index (κ3) is 6.64. The number of carboxylic acids is 1. The molecule has 0 radical (unpaired) electrons. The van der Waals surface area contributed by atoms with Crippen molar-refractivity contribution in [2.24, 2.45) is 5.92 Å². The van der Waals surface area contributed by atoms with Gasteiger partial charge in [-0.05, 0) is 48.4 Å². The lowest BCUT2D eigenvalue weighted by molar-refractivity contribution is -0.142. The maximum absolute atomic E-state index is 13.5. The third-order valence-electron chi connectivity index (χ3n) is 6.29. The summed E-state index contributed by atoms with van der Waals surface area (Å²) in [7, 11) is 0. The Kier molecular flexibility index (Phi) is 8.63. The van der Waals surface area contributed by atoms with Crippen LogP contribution in [0.2, 0.25) is 0 Å². The Balaban J connectivity index is 1.80. The molecule has 0 fully saturated rings. The van der Waals surface area contributed by atoms with Crippen LogP contribution in [0.5, 0.6) is 0 Å². The third-order valence-corrected chi connectivity index (χ3v) is 6.29. The summed E-state index contributed by atoms with van der Waals surface area (Å²) in [6.07, 6.45) is 7.08. The smallest absolute Gasteiger partial charge is 0.326 e. The number of carbonyl (C=O) groups excluding carboxylic acids is 2. The van der Waals surface area contributed by atoms with E-state index in [1.807, 2.05) is 43.3 Å². The van der Waals surface area contributed by atoms with Gasteiger partial charge in [-0.1, -0.05) is 56.7 Å². The summed E-state index contributed by atoms with van der Waals surface area (Å²) in [6, 6.07) is 20.4. The van der Waals surface area contributed by atoms with Crippen molar-refractivity contribution < 1.29 is 19.5 Å². The van der Waals surface area contributed by atoms with E-state index < -0.39 is 23.8 Å². The van der Waals surface area contributed by atoms with Crippen LogP contribution >= 0.6 is 0 Å². The molecule has 198 valence electrons. The number of aromatic nitrogens is 3. The molecular weight excluding hydrogens is 494 g/mol. The Morgan fingerprint density at radius 2 is 1.69 bits per heavy atom. The van der Waals surface area contributed by atoms with Gasteiger partial charge in [-0.3, -0.25) is 14.6 Å². The SMILES string of the molecule is CCC(C)C(NC(=O)/C(=C\c1cn(-c2ccccc2)nc1-c1cccnc1)NC(=O)c1ccccc1)C(=O)O. The van der Waals surface area contributed by atoms with E-state index in [4.69, 9.17) is 5.10 Å². The molecule has 4 rings (SSSR count). The van der Waals surface area contributed by atoms with Crippen molar-refractivity contribution in [3.8, 4) is 16.9 Å². The fourth-order valence-corrected chi connectivity index (χ4v) is 3.93.